The van der Waals surface area contributed by atoms with Crippen LogP contribution in [-0.4, -0.2) is 25.5 Å². The van der Waals surface area contributed by atoms with E-state index in [9.17, 15) is 0 Å². The van der Waals surface area contributed by atoms with Gasteiger partial charge < -0.3 is 10.6 Å². The van der Waals surface area contributed by atoms with Crippen molar-refractivity contribution in [2.75, 3.05) is 26.4 Å². The number of aryl methyl sites for hydroxylation is 1. The van der Waals surface area contributed by atoms with Crippen LogP contribution < -0.4 is 5.73 Å². The van der Waals surface area contributed by atoms with Crippen LogP contribution in [0, 0.1) is 0 Å². The fourth-order valence-electron chi connectivity index (χ4n) is 2.36. The van der Waals surface area contributed by atoms with Crippen molar-refractivity contribution in [1.82, 2.24) is 4.90 Å². The van der Waals surface area contributed by atoms with Gasteiger partial charge in [0.15, 0.2) is 0 Å². The molecule has 1 aromatic carbocycles. The van der Waals surface area contributed by atoms with Crippen molar-refractivity contribution in [1.29, 1.82) is 0 Å². The van der Waals surface area contributed by atoms with E-state index in [4.69, 9.17) is 5.73 Å². The van der Waals surface area contributed by atoms with Crippen molar-refractivity contribution in [3.63, 3.8) is 0 Å². The van der Waals surface area contributed by atoms with Crippen LogP contribution in [0.5, 0.6) is 0 Å². The molecule has 0 fully saturated rings. The van der Waals surface area contributed by atoms with Gasteiger partial charge in [0.05, 0.1) is 0 Å². The first-order valence-electron chi connectivity index (χ1n) is 5.20. The molecule has 0 bridgehead atoms. The molecule has 1 atom stereocenters. The van der Waals surface area contributed by atoms with Crippen LogP contribution in [0.4, 0.5) is 5.69 Å². The zero-order valence-corrected chi connectivity index (χ0v) is 8.96. The van der Waals surface area contributed by atoms with Gasteiger partial charge in [0.25, 0.3) is 0 Å². The summed E-state index contributed by atoms with van der Waals surface area (Å²) in [6.07, 6.45) is 2.47. The van der Waals surface area contributed by atoms with Crippen molar-refractivity contribution in [2.24, 2.45) is 0 Å². The van der Waals surface area contributed by atoms with E-state index in [0.717, 1.165) is 12.2 Å². The van der Waals surface area contributed by atoms with Gasteiger partial charge in [-0.25, -0.2) is 0 Å². The summed E-state index contributed by atoms with van der Waals surface area (Å²) in [5.41, 5.74) is 9.63. The average Bonchev–Trinajstić information content (AvgIpc) is 2.47. The maximum atomic E-state index is 5.77. The maximum Gasteiger partial charge on any atom is 0.0316 e. The first kappa shape index (κ1) is 9.53. The Labute approximate surface area is 85.7 Å². The molecule has 0 radical (unpaired) electrons. The molecule has 2 nitrogen and oxygen atoms in total. The summed E-state index contributed by atoms with van der Waals surface area (Å²) < 4.78 is 0. The number of rotatable bonds is 2. The van der Waals surface area contributed by atoms with E-state index in [2.05, 4.69) is 31.1 Å². The Morgan fingerprint density at radius 2 is 2.21 bits per heavy atom. The molecular formula is C12H18N2. The Bertz CT molecular complexity index is 331. The monoisotopic (exact) mass is 190 g/mol. The number of hydrogen-bond donors (Lipinski definition) is 1. The predicted octanol–water partition coefficient (Wildman–Crippen LogP) is 1.86. The standard InChI is InChI=1S/C12H18N2/c1-14(2)8-10-4-3-9-7-11(13)5-6-12(9)10/h5-7,10H,3-4,8,13H2,1-2H3. The van der Waals surface area contributed by atoms with Gasteiger partial charge in [0.2, 0.25) is 0 Å². The molecule has 1 unspecified atom stereocenters. The lowest BCUT2D eigenvalue weighted by Crippen LogP contribution is -2.18. The van der Waals surface area contributed by atoms with E-state index in [0.29, 0.717) is 5.92 Å². The molecule has 0 aliphatic heterocycles. The largest absolute Gasteiger partial charge is 0.399 e. The van der Waals surface area contributed by atoms with Crippen molar-refractivity contribution in [3.8, 4) is 0 Å². The normalized spacial score (nSPS) is 20.1. The van der Waals surface area contributed by atoms with E-state index in [1.165, 1.54) is 24.0 Å². The molecule has 0 amide bonds. The smallest absolute Gasteiger partial charge is 0.0316 e. The zero-order chi connectivity index (χ0) is 10.1. The van der Waals surface area contributed by atoms with E-state index in [-0.39, 0.29) is 0 Å². The van der Waals surface area contributed by atoms with Gasteiger partial charge in [0, 0.05) is 12.2 Å². The van der Waals surface area contributed by atoms with E-state index >= 15 is 0 Å². The number of benzene rings is 1. The molecule has 2 rings (SSSR count). The number of likely N-dealkylation sites (N-methyl/N-ethyl adjacent to an activating group) is 1. The third kappa shape index (κ3) is 1.75. The number of nitrogens with two attached hydrogens (primary N) is 1. The summed E-state index contributed by atoms with van der Waals surface area (Å²) in [5, 5.41) is 0. The topological polar surface area (TPSA) is 29.3 Å². The van der Waals surface area contributed by atoms with E-state index in [1.54, 1.807) is 0 Å². The van der Waals surface area contributed by atoms with Gasteiger partial charge >= 0.3 is 0 Å². The molecule has 14 heavy (non-hydrogen) atoms. The van der Waals surface area contributed by atoms with Crippen LogP contribution in [0.25, 0.3) is 0 Å². The molecule has 0 aromatic heterocycles. The van der Waals surface area contributed by atoms with Crippen LogP contribution in [0.3, 0.4) is 0 Å². The second-order valence-electron chi connectivity index (χ2n) is 4.46. The van der Waals surface area contributed by atoms with Crippen molar-refractivity contribution < 1.29 is 0 Å². The van der Waals surface area contributed by atoms with Gasteiger partial charge in [-0.3, -0.25) is 0 Å². The molecular weight excluding hydrogens is 172 g/mol. The highest BCUT2D eigenvalue weighted by Gasteiger charge is 2.22. The summed E-state index contributed by atoms with van der Waals surface area (Å²) in [6.45, 7) is 1.15. The van der Waals surface area contributed by atoms with Gasteiger partial charge in [-0.15, -0.1) is 0 Å². The summed E-state index contributed by atoms with van der Waals surface area (Å²) in [7, 11) is 4.27. The predicted molar refractivity (Wildman–Crippen MR) is 60.5 cm³/mol. The first-order valence-corrected chi connectivity index (χ1v) is 5.20. The van der Waals surface area contributed by atoms with E-state index < -0.39 is 0 Å². The first-order chi connectivity index (χ1) is 6.66. The summed E-state index contributed by atoms with van der Waals surface area (Å²) in [4.78, 5) is 2.26. The second kappa shape index (κ2) is 3.62. The van der Waals surface area contributed by atoms with Crippen molar-refractivity contribution >= 4 is 5.69 Å². The number of hydrogen-bond acceptors (Lipinski definition) is 2. The van der Waals surface area contributed by atoms with Crippen molar-refractivity contribution in [3.05, 3.63) is 29.3 Å². The van der Waals surface area contributed by atoms with E-state index in [1.807, 2.05) is 6.07 Å². The lowest BCUT2D eigenvalue weighted by Gasteiger charge is -2.16. The number of nitrogens with zero attached hydrogens (tertiary/aromatic N) is 1. The molecule has 0 saturated heterocycles. The molecule has 1 aliphatic rings. The van der Waals surface area contributed by atoms with Crippen LogP contribution >= 0.6 is 0 Å². The minimum atomic E-state index is 0.709. The molecule has 76 valence electrons. The lowest BCUT2D eigenvalue weighted by atomic mass is 10.0. The minimum absolute atomic E-state index is 0.709. The van der Waals surface area contributed by atoms with Crippen molar-refractivity contribution in [2.45, 2.75) is 18.8 Å². The highest BCUT2D eigenvalue weighted by molar-refractivity contribution is 5.48. The van der Waals surface area contributed by atoms with Crippen LogP contribution in [0.15, 0.2) is 18.2 Å². The Morgan fingerprint density at radius 3 is 2.93 bits per heavy atom. The number of nitrogen functional groups attached to an aromatic ring is 1. The number of anilines is 1. The van der Waals surface area contributed by atoms with Crippen LogP contribution in [0.1, 0.15) is 23.5 Å². The number of fused-ring (bicyclic) bond motifs is 1. The van der Waals surface area contributed by atoms with Crippen LogP contribution in [-0.2, 0) is 6.42 Å². The summed E-state index contributed by atoms with van der Waals surface area (Å²) in [5.74, 6) is 0.709. The van der Waals surface area contributed by atoms with Gasteiger partial charge in [0.1, 0.15) is 0 Å². The molecule has 0 spiro atoms. The summed E-state index contributed by atoms with van der Waals surface area (Å²) >= 11 is 0. The third-order valence-corrected chi connectivity index (χ3v) is 2.95. The minimum Gasteiger partial charge on any atom is -0.399 e. The SMILES string of the molecule is CN(C)CC1CCc2cc(N)ccc21. The third-order valence-electron chi connectivity index (χ3n) is 2.95. The Hall–Kier alpha value is -1.02. The molecule has 0 heterocycles. The van der Waals surface area contributed by atoms with Gasteiger partial charge in [-0.2, -0.15) is 0 Å². The lowest BCUT2D eigenvalue weighted by molar-refractivity contribution is 0.372. The highest BCUT2D eigenvalue weighted by Crippen LogP contribution is 2.34. The fourth-order valence-corrected chi connectivity index (χ4v) is 2.36. The molecule has 0 saturated carbocycles. The zero-order valence-electron chi connectivity index (χ0n) is 8.96. The Morgan fingerprint density at radius 1 is 1.43 bits per heavy atom. The molecule has 2 N–H and O–H groups in total. The molecule has 2 heteroatoms. The Balaban J connectivity index is 2.22. The van der Waals surface area contributed by atoms with Crippen LogP contribution in [0.2, 0.25) is 0 Å². The van der Waals surface area contributed by atoms with Gasteiger partial charge in [-0.05, 0) is 56.1 Å². The second-order valence-corrected chi connectivity index (χ2v) is 4.46. The Kier molecular flexibility index (Phi) is 2.46. The quantitative estimate of drug-likeness (QED) is 0.721. The van der Waals surface area contributed by atoms with Gasteiger partial charge in [-0.1, -0.05) is 6.07 Å². The average molecular weight is 190 g/mol. The highest BCUT2D eigenvalue weighted by atomic mass is 15.1. The molecule has 1 aromatic rings. The fraction of sp³-hybridized carbons (Fsp3) is 0.500. The molecule has 1 aliphatic carbocycles. The summed E-state index contributed by atoms with van der Waals surface area (Å²) in [6, 6.07) is 6.35. The maximum absolute atomic E-state index is 5.77.